The van der Waals surface area contributed by atoms with E-state index in [1.807, 2.05) is 13.1 Å². The summed E-state index contributed by atoms with van der Waals surface area (Å²) in [4.78, 5) is 15.5. The fourth-order valence-electron chi connectivity index (χ4n) is 4.09. The van der Waals surface area contributed by atoms with Crippen LogP contribution < -0.4 is 5.32 Å². The summed E-state index contributed by atoms with van der Waals surface area (Å²) in [6.07, 6.45) is 6.56. The van der Waals surface area contributed by atoms with Crippen molar-refractivity contribution in [3.8, 4) is 0 Å². The normalized spacial score (nSPS) is 23.4. The van der Waals surface area contributed by atoms with Crippen LogP contribution in [0.15, 0.2) is 28.7 Å². The van der Waals surface area contributed by atoms with Crippen LogP contribution in [-0.2, 0) is 10.2 Å². The van der Waals surface area contributed by atoms with E-state index in [-0.39, 0.29) is 17.8 Å². The number of hydrogen-bond acceptors (Lipinski definition) is 2. The molecule has 1 atom stereocenters. The van der Waals surface area contributed by atoms with Crippen LogP contribution >= 0.6 is 28.3 Å². The molecule has 0 radical (unpaired) electrons. The lowest BCUT2D eigenvalue weighted by Gasteiger charge is -2.39. The van der Waals surface area contributed by atoms with E-state index in [1.165, 1.54) is 12.0 Å². The molecule has 5 heteroatoms. The molecule has 2 fully saturated rings. The van der Waals surface area contributed by atoms with Gasteiger partial charge < -0.3 is 10.2 Å². The van der Waals surface area contributed by atoms with Gasteiger partial charge in [-0.3, -0.25) is 4.79 Å². The largest absolute Gasteiger partial charge is 0.340 e. The van der Waals surface area contributed by atoms with Gasteiger partial charge in [-0.2, -0.15) is 0 Å². The Morgan fingerprint density at radius 2 is 2.04 bits per heavy atom. The number of nitrogens with zero attached hydrogens (tertiary/aromatic N) is 1. The average Bonchev–Trinajstić information content (AvgIpc) is 3.05. The van der Waals surface area contributed by atoms with Crippen LogP contribution in [0.2, 0.25) is 0 Å². The first-order valence-corrected chi connectivity index (χ1v) is 9.18. The highest BCUT2D eigenvalue weighted by Crippen LogP contribution is 2.43. The number of rotatable bonds is 3. The molecule has 0 spiro atoms. The summed E-state index contributed by atoms with van der Waals surface area (Å²) in [7, 11) is 2.00. The van der Waals surface area contributed by atoms with E-state index in [4.69, 9.17) is 0 Å². The van der Waals surface area contributed by atoms with Gasteiger partial charge in [0.1, 0.15) is 0 Å². The number of nitrogens with one attached hydrogen (secondary N) is 1. The molecule has 1 N–H and O–H groups in total. The smallest absolute Gasteiger partial charge is 0.233 e. The predicted octanol–water partition coefficient (Wildman–Crippen LogP) is 3.89. The second-order valence-electron chi connectivity index (χ2n) is 6.68. The third-order valence-corrected chi connectivity index (χ3v) is 5.85. The maximum absolute atomic E-state index is 13.4. The van der Waals surface area contributed by atoms with Crippen molar-refractivity contribution in [1.82, 2.24) is 10.2 Å². The number of hydrogen-bond donors (Lipinski definition) is 1. The Bertz CT molecular complexity index is 546. The molecule has 3 nitrogen and oxygen atoms in total. The van der Waals surface area contributed by atoms with E-state index >= 15 is 0 Å². The van der Waals surface area contributed by atoms with Crippen molar-refractivity contribution in [2.24, 2.45) is 0 Å². The Morgan fingerprint density at radius 3 is 2.70 bits per heavy atom. The zero-order valence-electron chi connectivity index (χ0n) is 13.7. The van der Waals surface area contributed by atoms with Crippen molar-refractivity contribution in [1.29, 1.82) is 0 Å². The summed E-state index contributed by atoms with van der Waals surface area (Å²) in [6.45, 7) is 1.76. The van der Waals surface area contributed by atoms with Gasteiger partial charge in [0, 0.05) is 23.6 Å². The van der Waals surface area contributed by atoms with Crippen molar-refractivity contribution >= 4 is 34.2 Å². The Morgan fingerprint density at radius 1 is 1.30 bits per heavy atom. The number of amides is 1. The summed E-state index contributed by atoms with van der Waals surface area (Å²) in [5.74, 6) is 0.350. The Kier molecular flexibility index (Phi) is 6.52. The van der Waals surface area contributed by atoms with Crippen molar-refractivity contribution in [3.63, 3.8) is 0 Å². The van der Waals surface area contributed by atoms with Crippen LogP contribution in [0, 0.1) is 0 Å². The molecule has 1 saturated carbocycles. The Hall–Kier alpha value is -0.580. The third kappa shape index (κ3) is 3.75. The maximum Gasteiger partial charge on any atom is 0.233 e. The van der Waals surface area contributed by atoms with Crippen molar-refractivity contribution in [2.75, 3.05) is 20.1 Å². The van der Waals surface area contributed by atoms with Gasteiger partial charge in [0.05, 0.1) is 5.41 Å². The molecule has 2 aliphatic rings. The van der Waals surface area contributed by atoms with Gasteiger partial charge in [0.15, 0.2) is 0 Å². The topological polar surface area (TPSA) is 32.3 Å². The van der Waals surface area contributed by atoms with Crippen LogP contribution in [0.5, 0.6) is 0 Å². The molecule has 1 aliphatic carbocycles. The lowest BCUT2D eigenvalue weighted by atomic mass is 9.77. The second kappa shape index (κ2) is 8.00. The molecule has 23 heavy (non-hydrogen) atoms. The summed E-state index contributed by atoms with van der Waals surface area (Å²) in [5, 5.41) is 3.34. The van der Waals surface area contributed by atoms with Gasteiger partial charge in [-0.05, 0) is 50.4 Å². The van der Waals surface area contributed by atoms with Gasteiger partial charge in [0.25, 0.3) is 0 Å². The highest BCUT2D eigenvalue weighted by Gasteiger charge is 2.45. The molecule has 1 aliphatic heterocycles. The van der Waals surface area contributed by atoms with Crippen molar-refractivity contribution in [2.45, 2.75) is 50.0 Å². The molecule has 1 aromatic carbocycles. The van der Waals surface area contributed by atoms with E-state index in [0.717, 1.165) is 49.7 Å². The van der Waals surface area contributed by atoms with E-state index < -0.39 is 0 Å². The molecule has 3 rings (SSSR count). The number of likely N-dealkylation sites (tertiary alicyclic amines) is 1. The maximum atomic E-state index is 13.4. The lowest BCUT2D eigenvalue weighted by molar-refractivity contribution is -0.138. The lowest BCUT2D eigenvalue weighted by Crippen LogP contribution is -2.52. The second-order valence-corrected chi connectivity index (χ2v) is 7.59. The van der Waals surface area contributed by atoms with Crippen molar-refractivity contribution in [3.05, 3.63) is 34.3 Å². The van der Waals surface area contributed by atoms with E-state index in [2.05, 4.69) is 44.3 Å². The van der Waals surface area contributed by atoms with Gasteiger partial charge in [0.2, 0.25) is 5.91 Å². The van der Waals surface area contributed by atoms with E-state index in [0.29, 0.717) is 11.9 Å². The fraction of sp³-hybridized carbons (Fsp3) is 0.611. The minimum Gasteiger partial charge on any atom is -0.340 e. The first-order valence-electron chi connectivity index (χ1n) is 8.38. The Balaban J connectivity index is 0.00000192. The summed E-state index contributed by atoms with van der Waals surface area (Å²) >= 11 is 3.56. The molecule has 0 aromatic heterocycles. The number of halogens is 2. The predicted molar refractivity (Wildman–Crippen MR) is 100 cm³/mol. The molecular formula is C18H26BrClN2O. The highest BCUT2D eigenvalue weighted by atomic mass is 79.9. The first kappa shape index (κ1) is 18.8. The van der Waals surface area contributed by atoms with Crippen LogP contribution in [0.1, 0.15) is 44.1 Å². The number of carbonyl (C=O) groups is 1. The number of likely N-dealkylation sites (N-methyl/N-ethyl adjacent to an activating group) is 1. The first-order chi connectivity index (χ1) is 10.7. The number of piperidine rings is 1. The van der Waals surface area contributed by atoms with E-state index in [1.54, 1.807) is 0 Å². The number of benzene rings is 1. The van der Waals surface area contributed by atoms with Crippen molar-refractivity contribution < 1.29 is 4.79 Å². The minimum atomic E-state index is -0.292. The average molecular weight is 402 g/mol. The van der Waals surface area contributed by atoms with E-state index in [9.17, 15) is 4.79 Å². The zero-order chi connectivity index (χ0) is 15.6. The third-order valence-electron chi connectivity index (χ3n) is 5.36. The molecule has 128 valence electrons. The minimum absolute atomic E-state index is 0. The van der Waals surface area contributed by atoms with Crippen LogP contribution in [0.4, 0.5) is 0 Å². The highest BCUT2D eigenvalue weighted by molar-refractivity contribution is 9.10. The molecule has 1 aromatic rings. The monoisotopic (exact) mass is 400 g/mol. The molecule has 1 amide bonds. The van der Waals surface area contributed by atoms with Gasteiger partial charge in [-0.25, -0.2) is 0 Å². The van der Waals surface area contributed by atoms with Gasteiger partial charge in [-0.1, -0.05) is 40.9 Å². The standard InChI is InChI=1S/C18H25BrN2O.ClH/c1-20-16-8-5-11-21(13-16)17(22)18(9-2-3-10-18)14-6-4-7-15(19)12-14;/h4,6-7,12,16,20H,2-3,5,8-11,13H2,1H3;1H. The number of carbonyl (C=O) groups excluding carboxylic acids is 1. The SMILES string of the molecule is CNC1CCCN(C(=O)C2(c3cccc(Br)c3)CCCC2)C1.Cl. The van der Waals surface area contributed by atoms with Crippen LogP contribution in [-0.4, -0.2) is 37.0 Å². The summed E-state index contributed by atoms with van der Waals surface area (Å²) in [5.41, 5.74) is 0.898. The summed E-state index contributed by atoms with van der Waals surface area (Å²) < 4.78 is 1.07. The quantitative estimate of drug-likeness (QED) is 0.833. The molecular weight excluding hydrogens is 376 g/mol. The van der Waals surface area contributed by atoms with Crippen LogP contribution in [0.3, 0.4) is 0 Å². The molecule has 0 bridgehead atoms. The zero-order valence-corrected chi connectivity index (χ0v) is 16.1. The molecule has 1 saturated heterocycles. The van der Waals surface area contributed by atoms with Crippen LogP contribution in [0.25, 0.3) is 0 Å². The molecule has 1 unspecified atom stereocenters. The Labute approximate surface area is 153 Å². The molecule has 1 heterocycles. The van der Waals surface area contributed by atoms with Gasteiger partial charge in [-0.15, -0.1) is 12.4 Å². The summed E-state index contributed by atoms with van der Waals surface area (Å²) in [6, 6.07) is 8.81. The van der Waals surface area contributed by atoms with Gasteiger partial charge >= 0.3 is 0 Å². The fourth-order valence-corrected chi connectivity index (χ4v) is 4.49.